The SMILES string of the molecule is CCc1ccc(-c2cccc(OCC(F)(F)F)c2)cc1. The molecule has 0 bridgehead atoms. The number of alkyl halides is 3. The highest BCUT2D eigenvalue weighted by Gasteiger charge is 2.28. The number of halogens is 3. The smallest absolute Gasteiger partial charge is 0.422 e. The number of aryl methyl sites for hydroxylation is 1. The summed E-state index contributed by atoms with van der Waals surface area (Å²) in [6.07, 6.45) is -3.37. The third-order valence-electron chi connectivity index (χ3n) is 2.93. The van der Waals surface area contributed by atoms with Gasteiger partial charge < -0.3 is 4.74 Å². The molecule has 0 aliphatic rings. The van der Waals surface area contributed by atoms with E-state index in [-0.39, 0.29) is 5.75 Å². The molecule has 0 radical (unpaired) electrons. The van der Waals surface area contributed by atoms with E-state index in [2.05, 4.69) is 6.92 Å². The van der Waals surface area contributed by atoms with Gasteiger partial charge in [0.25, 0.3) is 0 Å². The molecule has 0 amide bonds. The molecule has 0 aromatic heterocycles. The van der Waals surface area contributed by atoms with Gasteiger partial charge in [-0.25, -0.2) is 0 Å². The summed E-state index contributed by atoms with van der Waals surface area (Å²) >= 11 is 0. The highest BCUT2D eigenvalue weighted by Crippen LogP contribution is 2.25. The molecule has 0 N–H and O–H groups in total. The third kappa shape index (κ3) is 4.02. The molecule has 2 aromatic rings. The molecule has 0 aliphatic heterocycles. The van der Waals surface area contributed by atoms with Gasteiger partial charge >= 0.3 is 6.18 Å². The summed E-state index contributed by atoms with van der Waals surface area (Å²) in [4.78, 5) is 0. The fraction of sp³-hybridized carbons (Fsp3) is 0.250. The zero-order chi connectivity index (χ0) is 14.6. The molecule has 0 saturated heterocycles. The second-order valence-electron chi connectivity index (χ2n) is 4.48. The van der Waals surface area contributed by atoms with Crippen molar-refractivity contribution in [1.29, 1.82) is 0 Å². The minimum absolute atomic E-state index is 0.222. The summed E-state index contributed by atoms with van der Waals surface area (Å²) in [6, 6.07) is 14.6. The van der Waals surface area contributed by atoms with E-state index in [0.717, 1.165) is 17.5 Å². The molecule has 0 unspecified atom stereocenters. The Morgan fingerprint density at radius 1 is 0.950 bits per heavy atom. The lowest BCUT2D eigenvalue weighted by atomic mass is 10.0. The van der Waals surface area contributed by atoms with Crippen molar-refractivity contribution in [2.45, 2.75) is 19.5 Å². The number of hydrogen-bond acceptors (Lipinski definition) is 1. The predicted octanol–water partition coefficient (Wildman–Crippen LogP) is 4.86. The Morgan fingerprint density at radius 2 is 1.65 bits per heavy atom. The largest absolute Gasteiger partial charge is 0.484 e. The van der Waals surface area contributed by atoms with Crippen molar-refractivity contribution in [3.8, 4) is 16.9 Å². The molecule has 20 heavy (non-hydrogen) atoms. The molecule has 0 spiro atoms. The quantitative estimate of drug-likeness (QED) is 0.777. The molecule has 0 heterocycles. The fourth-order valence-corrected chi connectivity index (χ4v) is 1.86. The van der Waals surface area contributed by atoms with E-state index in [1.165, 1.54) is 11.6 Å². The van der Waals surface area contributed by atoms with E-state index in [4.69, 9.17) is 4.74 Å². The molecular weight excluding hydrogens is 265 g/mol. The maximum atomic E-state index is 12.1. The molecule has 0 fully saturated rings. The average Bonchev–Trinajstić information content (AvgIpc) is 2.45. The van der Waals surface area contributed by atoms with Crippen LogP contribution in [0.15, 0.2) is 48.5 Å². The summed E-state index contributed by atoms with van der Waals surface area (Å²) in [7, 11) is 0. The Kier molecular flexibility index (Phi) is 4.32. The van der Waals surface area contributed by atoms with Crippen LogP contribution in [0.4, 0.5) is 13.2 Å². The molecule has 0 saturated carbocycles. The van der Waals surface area contributed by atoms with Gasteiger partial charge in [0.2, 0.25) is 0 Å². The van der Waals surface area contributed by atoms with Gasteiger partial charge in [-0.05, 0) is 35.2 Å². The van der Waals surface area contributed by atoms with Crippen LogP contribution in [-0.4, -0.2) is 12.8 Å². The molecule has 0 atom stereocenters. The van der Waals surface area contributed by atoms with Crippen LogP contribution in [0, 0.1) is 0 Å². The van der Waals surface area contributed by atoms with Crippen LogP contribution in [0.1, 0.15) is 12.5 Å². The molecule has 0 aliphatic carbocycles. The van der Waals surface area contributed by atoms with E-state index in [1.807, 2.05) is 30.3 Å². The van der Waals surface area contributed by atoms with Crippen LogP contribution in [-0.2, 0) is 6.42 Å². The summed E-state index contributed by atoms with van der Waals surface area (Å²) in [5.41, 5.74) is 3.02. The van der Waals surface area contributed by atoms with Gasteiger partial charge in [0.15, 0.2) is 6.61 Å². The van der Waals surface area contributed by atoms with Crippen LogP contribution in [0.5, 0.6) is 5.75 Å². The number of rotatable bonds is 4. The Balaban J connectivity index is 2.16. The maximum Gasteiger partial charge on any atom is 0.422 e. The zero-order valence-corrected chi connectivity index (χ0v) is 11.1. The Hall–Kier alpha value is -1.97. The molecule has 1 nitrogen and oxygen atoms in total. The number of ether oxygens (including phenoxy) is 1. The van der Waals surface area contributed by atoms with E-state index >= 15 is 0 Å². The molecule has 2 rings (SSSR count). The van der Waals surface area contributed by atoms with Crippen molar-refractivity contribution < 1.29 is 17.9 Å². The minimum Gasteiger partial charge on any atom is -0.484 e. The van der Waals surface area contributed by atoms with Gasteiger partial charge in [-0.15, -0.1) is 0 Å². The van der Waals surface area contributed by atoms with E-state index in [0.29, 0.717) is 0 Å². The Bertz CT molecular complexity index is 559. The lowest BCUT2D eigenvalue weighted by Crippen LogP contribution is -2.19. The van der Waals surface area contributed by atoms with Crippen molar-refractivity contribution in [1.82, 2.24) is 0 Å². The van der Waals surface area contributed by atoms with Crippen LogP contribution in [0.25, 0.3) is 11.1 Å². The highest BCUT2D eigenvalue weighted by atomic mass is 19.4. The lowest BCUT2D eigenvalue weighted by Gasteiger charge is -2.10. The molecule has 106 valence electrons. The van der Waals surface area contributed by atoms with Crippen LogP contribution in [0.3, 0.4) is 0 Å². The van der Waals surface area contributed by atoms with Gasteiger partial charge in [0.1, 0.15) is 5.75 Å². The molecule has 2 aromatic carbocycles. The topological polar surface area (TPSA) is 9.23 Å². The summed E-state index contributed by atoms with van der Waals surface area (Å²) in [6.45, 7) is 0.797. The first-order chi connectivity index (χ1) is 9.48. The van der Waals surface area contributed by atoms with Crippen molar-refractivity contribution >= 4 is 0 Å². The minimum atomic E-state index is -4.32. The van der Waals surface area contributed by atoms with Gasteiger partial charge in [-0.1, -0.05) is 43.3 Å². The fourth-order valence-electron chi connectivity index (χ4n) is 1.86. The standard InChI is InChI=1S/C16H15F3O/c1-2-12-6-8-13(9-7-12)14-4-3-5-15(10-14)20-11-16(17,18)19/h3-10H,2,11H2,1H3. The monoisotopic (exact) mass is 280 g/mol. The summed E-state index contributed by atoms with van der Waals surface area (Å²) in [5, 5.41) is 0. The summed E-state index contributed by atoms with van der Waals surface area (Å²) < 4.78 is 41.1. The second-order valence-corrected chi connectivity index (χ2v) is 4.48. The first kappa shape index (κ1) is 14.4. The van der Waals surface area contributed by atoms with Crippen LogP contribution >= 0.6 is 0 Å². The maximum absolute atomic E-state index is 12.1. The van der Waals surface area contributed by atoms with Crippen molar-refractivity contribution in [3.05, 3.63) is 54.1 Å². The lowest BCUT2D eigenvalue weighted by molar-refractivity contribution is -0.153. The molecular formula is C16H15F3O. The number of hydrogen-bond donors (Lipinski definition) is 0. The van der Waals surface area contributed by atoms with Gasteiger partial charge in [0.05, 0.1) is 0 Å². The first-order valence-electron chi connectivity index (χ1n) is 6.37. The first-order valence-corrected chi connectivity index (χ1v) is 6.37. The predicted molar refractivity (Wildman–Crippen MR) is 72.8 cm³/mol. The average molecular weight is 280 g/mol. The van der Waals surface area contributed by atoms with Gasteiger partial charge in [-0.3, -0.25) is 0 Å². The summed E-state index contributed by atoms with van der Waals surface area (Å²) in [5.74, 6) is 0.222. The van der Waals surface area contributed by atoms with Crippen LogP contribution in [0.2, 0.25) is 0 Å². The van der Waals surface area contributed by atoms with E-state index < -0.39 is 12.8 Å². The third-order valence-corrected chi connectivity index (χ3v) is 2.93. The van der Waals surface area contributed by atoms with Gasteiger partial charge in [-0.2, -0.15) is 13.2 Å². The van der Waals surface area contributed by atoms with E-state index in [1.54, 1.807) is 12.1 Å². The molecule has 4 heteroatoms. The Labute approximate surface area is 116 Å². The van der Waals surface area contributed by atoms with Gasteiger partial charge in [0, 0.05) is 0 Å². The van der Waals surface area contributed by atoms with E-state index in [9.17, 15) is 13.2 Å². The second kappa shape index (κ2) is 5.99. The zero-order valence-electron chi connectivity index (χ0n) is 11.1. The Morgan fingerprint density at radius 3 is 2.25 bits per heavy atom. The van der Waals surface area contributed by atoms with Crippen molar-refractivity contribution in [3.63, 3.8) is 0 Å². The van der Waals surface area contributed by atoms with Crippen molar-refractivity contribution in [2.24, 2.45) is 0 Å². The van der Waals surface area contributed by atoms with Crippen LogP contribution < -0.4 is 4.74 Å². The number of benzene rings is 2. The highest BCUT2D eigenvalue weighted by molar-refractivity contribution is 5.65. The normalized spacial score (nSPS) is 11.4. The van der Waals surface area contributed by atoms with Crippen molar-refractivity contribution in [2.75, 3.05) is 6.61 Å².